The second-order valence-corrected chi connectivity index (χ2v) is 19.1. The molecule has 0 bridgehead atoms. The number of carboxylic acids is 1. The summed E-state index contributed by atoms with van der Waals surface area (Å²) in [6.07, 6.45) is 9.96. The largest absolute Gasteiger partial charge is 0.479 e. The number of hydrogen-bond acceptors (Lipinski definition) is 9. The fourth-order valence-corrected chi connectivity index (χ4v) is 9.94. The number of carbonyl (C=O) groups is 1. The lowest BCUT2D eigenvalue weighted by Crippen LogP contribution is -2.43. The summed E-state index contributed by atoms with van der Waals surface area (Å²) in [5.74, 6) is -0.164. The summed E-state index contributed by atoms with van der Waals surface area (Å²) in [7, 11) is 0. The molecular formula is C47H58N6O4. The summed E-state index contributed by atoms with van der Waals surface area (Å²) in [6.45, 7) is 18.5. The normalized spacial score (nSPS) is 20.2. The molecule has 3 aliphatic heterocycles. The first-order valence-corrected chi connectivity index (χ1v) is 21.2. The Morgan fingerprint density at radius 1 is 0.930 bits per heavy atom. The smallest absolute Gasteiger partial charge is 0.337 e. The number of carboxylic acid groups (broad SMARTS) is 1. The molecule has 2 aromatic carbocycles. The number of aromatic nitrogens is 3. The van der Waals surface area contributed by atoms with Gasteiger partial charge < -0.3 is 24.1 Å². The maximum absolute atomic E-state index is 13.3. The highest BCUT2D eigenvalue weighted by atomic mass is 16.5. The van der Waals surface area contributed by atoms with Gasteiger partial charge in [-0.05, 0) is 125 Å². The summed E-state index contributed by atoms with van der Waals surface area (Å²) in [6, 6.07) is 14.9. The Morgan fingerprint density at radius 2 is 1.68 bits per heavy atom. The number of ether oxygens (including phenoxy) is 1. The van der Waals surface area contributed by atoms with Gasteiger partial charge in [0.2, 0.25) is 0 Å². The first-order chi connectivity index (χ1) is 27.3. The van der Waals surface area contributed by atoms with Crippen molar-refractivity contribution in [2.75, 3.05) is 42.5 Å². The topological polar surface area (TPSA) is 108 Å². The molecule has 1 spiro atoms. The molecule has 1 aliphatic carbocycles. The van der Waals surface area contributed by atoms with Gasteiger partial charge in [-0.1, -0.05) is 50.6 Å². The fourth-order valence-electron chi connectivity index (χ4n) is 9.94. The van der Waals surface area contributed by atoms with Crippen LogP contribution < -0.4 is 9.80 Å². The van der Waals surface area contributed by atoms with Gasteiger partial charge in [-0.25, -0.2) is 14.8 Å². The Hall–Kier alpha value is -4.54. The number of benzene rings is 2. The lowest BCUT2D eigenvalue weighted by Gasteiger charge is -2.48. The lowest BCUT2D eigenvalue weighted by molar-refractivity contribution is -0.160. The number of likely N-dealkylation sites (tertiary alicyclic amines) is 1. The van der Waals surface area contributed by atoms with E-state index >= 15 is 0 Å². The van der Waals surface area contributed by atoms with Crippen LogP contribution in [0, 0.1) is 17.8 Å². The van der Waals surface area contributed by atoms with Gasteiger partial charge in [0.1, 0.15) is 17.4 Å². The molecule has 10 heteroatoms. The van der Waals surface area contributed by atoms with Crippen LogP contribution in [0.4, 0.5) is 11.5 Å². The molecule has 0 unspecified atom stereocenters. The van der Waals surface area contributed by atoms with Gasteiger partial charge >= 0.3 is 5.97 Å². The van der Waals surface area contributed by atoms with Gasteiger partial charge in [0, 0.05) is 54.9 Å². The number of para-hydroxylation sites is 1. The Bertz CT molecular complexity index is 2320. The van der Waals surface area contributed by atoms with E-state index in [1.165, 1.54) is 43.2 Å². The maximum atomic E-state index is 13.3. The lowest BCUT2D eigenvalue weighted by atomic mass is 9.63. The quantitative estimate of drug-likeness (QED) is 0.164. The van der Waals surface area contributed by atoms with E-state index in [9.17, 15) is 9.90 Å². The highest BCUT2D eigenvalue weighted by Crippen LogP contribution is 2.50. The number of pyridine rings is 1. The standard InChI is InChI=1S/C47H58N6O4/c1-30-37(41(44(54)55)57-45(2,3)4)40(52-24-17-46(5,6)18-25-52)38(35(50-30)28-51-22-19-47(20-23-51)15-9-16-47)32-12-13-33-27-53(21-14-31(33)26-32)43-42-39(48-29-49-43)34-10-7-8-11-36(34)56-42/h7-8,10-13,26,29,41H,9,14-25,27-28H2,1-6H3,(H,54,55)/t41-/m0/s1. The van der Waals surface area contributed by atoms with Crippen molar-refractivity contribution < 1.29 is 19.1 Å². The third kappa shape index (κ3) is 7.28. The zero-order valence-electron chi connectivity index (χ0n) is 34.7. The number of anilines is 2. The maximum Gasteiger partial charge on any atom is 0.337 e. The predicted molar refractivity (Wildman–Crippen MR) is 226 cm³/mol. The molecule has 5 aromatic rings. The number of fused-ring (bicyclic) bond motifs is 4. The Morgan fingerprint density at radius 3 is 2.39 bits per heavy atom. The zero-order chi connectivity index (χ0) is 39.7. The molecule has 10 nitrogen and oxygen atoms in total. The van der Waals surface area contributed by atoms with Crippen molar-refractivity contribution in [3.8, 4) is 11.1 Å². The van der Waals surface area contributed by atoms with Gasteiger partial charge in [0.05, 0.1) is 17.0 Å². The van der Waals surface area contributed by atoms with E-state index in [4.69, 9.17) is 19.1 Å². The molecule has 1 saturated carbocycles. The summed E-state index contributed by atoms with van der Waals surface area (Å²) in [5, 5.41) is 11.9. The first kappa shape index (κ1) is 38.0. The summed E-state index contributed by atoms with van der Waals surface area (Å²) in [4.78, 5) is 35.4. The highest BCUT2D eigenvalue weighted by Gasteiger charge is 2.41. The van der Waals surface area contributed by atoms with Crippen molar-refractivity contribution in [2.24, 2.45) is 10.8 Å². The van der Waals surface area contributed by atoms with Crippen LogP contribution >= 0.6 is 0 Å². The number of nitrogens with zero attached hydrogens (tertiary/aromatic N) is 6. The van der Waals surface area contributed by atoms with Crippen molar-refractivity contribution in [3.63, 3.8) is 0 Å². The molecule has 4 aliphatic rings. The molecule has 3 aromatic heterocycles. The fraction of sp³-hybridized carbons (Fsp3) is 0.532. The molecule has 1 N–H and O–H groups in total. The minimum absolute atomic E-state index is 0.219. The molecule has 300 valence electrons. The molecule has 6 heterocycles. The third-order valence-corrected chi connectivity index (χ3v) is 13.5. The van der Waals surface area contributed by atoms with Gasteiger partial charge in [0.25, 0.3) is 0 Å². The summed E-state index contributed by atoms with van der Waals surface area (Å²) < 4.78 is 12.8. The van der Waals surface area contributed by atoms with Crippen molar-refractivity contribution in [2.45, 2.75) is 118 Å². The summed E-state index contributed by atoms with van der Waals surface area (Å²) >= 11 is 0. The molecule has 9 rings (SSSR count). The van der Waals surface area contributed by atoms with E-state index < -0.39 is 17.7 Å². The van der Waals surface area contributed by atoms with E-state index in [0.29, 0.717) is 17.5 Å². The van der Waals surface area contributed by atoms with Crippen LogP contribution in [0.1, 0.15) is 114 Å². The molecule has 0 amide bonds. The molecule has 3 fully saturated rings. The van der Waals surface area contributed by atoms with Gasteiger partial charge in [-0.3, -0.25) is 9.88 Å². The Balaban J connectivity index is 1.15. The SMILES string of the molecule is Cc1nc(CN2CCC3(CCC3)CC2)c(-c2ccc3c(c2)CCN(c2ncnc4c2oc2ccccc24)C3)c(N2CCC(C)(C)CC2)c1[C@H](OC(C)(C)C)C(=O)O. The van der Waals surface area contributed by atoms with Gasteiger partial charge in [-0.15, -0.1) is 0 Å². The summed E-state index contributed by atoms with van der Waals surface area (Å²) in [5.41, 5.74) is 10.6. The van der Waals surface area contributed by atoms with Crippen molar-refractivity contribution in [3.05, 3.63) is 76.9 Å². The second-order valence-electron chi connectivity index (χ2n) is 19.1. The number of aryl methyl sites for hydroxylation is 1. The van der Waals surface area contributed by atoms with Crippen LogP contribution in [0.2, 0.25) is 0 Å². The van der Waals surface area contributed by atoms with Crippen LogP contribution in [0.25, 0.3) is 33.2 Å². The Labute approximate surface area is 336 Å². The van der Waals surface area contributed by atoms with Crippen LogP contribution in [-0.4, -0.2) is 69.3 Å². The Kier molecular flexibility index (Phi) is 9.59. The second kappa shape index (κ2) is 14.4. The molecule has 1 atom stereocenters. The minimum atomic E-state index is -1.15. The first-order valence-electron chi connectivity index (χ1n) is 21.2. The molecule has 57 heavy (non-hydrogen) atoms. The minimum Gasteiger partial charge on any atom is -0.479 e. The number of hydrogen-bond donors (Lipinski definition) is 1. The van der Waals surface area contributed by atoms with Gasteiger partial charge in [-0.2, -0.15) is 0 Å². The van der Waals surface area contributed by atoms with Crippen LogP contribution in [0.5, 0.6) is 0 Å². The van der Waals surface area contributed by atoms with E-state index in [2.05, 4.69) is 51.7 Å². The van der Waals surface area contributed by atoms with E-state index in [-0.39, 0.29) is 5.41 Å². The molecule has 2 saturated heterocycles. The van der Waals surface area contributed by atoms with E-state index in [1.807, 2.05) is 52.0 Å². The van der Waals surface area contributed by atoms with Crippen molar-refractivity contribution in [1.82, 2.24) is 19.9 Å². The third-order valence-electron chi connectivity index (χ3n) is 13.5. The molecule has 0 radical (unpaired) electrons. The average molecular weight is 771 g/mol. The van der Waals surface area contributed by atoms with Crippen LogP contribution in [0.15, 0.2) is 53.2 Å². The number of aliphatic carboxylic acids is 1. The molecular weight excluding hydrogens is 713 g/mol. The van der Waals surface area contributed by atoms with Crippen molar-refractivity contribution >= 4 is 39.5 Å². The van der Waals surface area contributed by atoms with Crippen LogP contribution in [-0.2, 0) is 29.0 Å². The number of furan rings is 1. The van der Waals surface area contributed by atoms with E-state index in [0.717, 1.165) is 115 Å². The van der Waals surface area contributed by atoms with E-state index in [1.54, 1.807) is 6.33 Å². The zero-order valence-corrected chi connectivity index (χ0v) is 34.7. The van der Waals surface area contributed by atoms with Gasteiger partial charge in [0.15, 0.2) is 17.5 Å². The predicted octanol–water partition coefficient (Wildman–Crippen LogP) is 9.64. The van der Waals surface area contributed by atoms with Crippen LogP contribution in [0.3, 0.4) is 0 Å². The average Bonchev–Trinajstić information content (AvgIpc) is 3.55. The number of rotatable bonds is 8. The monoisotopic (exact) mass is 770 g/mol. The highest BCUT2D eigenvalue weighted by molar-refractivity contribution is 6.05. The van der Waals surface area contributed by atoms with Crippen molar-refractivity contribution in [1.29, 1.82) is 0 Å². The number of piperidine rings is 2.